The zero-order valence-electron chi connectivity index (χ0n) is 24.9. The van der Waals surface area contributed by atoms with Gasteiger partial charge in [-0.25, -0.2) is 13.6 Å². The number of phenols is 2. The first kappa shape index (κ1) is 34.5. The lowest BCUT2D eigenvalue weighted by Gasteiger charge is -2.26. The molecule has 2 atom stereocenters. The predicted molar refractivity (Wildman–Crippen MR) is 164 cm³/mol. The van der Waals surface area contributed by atoms with E-state index in [0.717, 1.165) is 12.1 Å². The highest BCUT2D eigenvalue weighted by Gasteiger charge is 2.30. The summed E-state index contributed by atoms with van der Waals surface area (Å²) < 4.78 is 33.6. The van der Waals surface area contributed by atoms with E-state index in [1.807, 2.05) is 27.7 Å². The van der Waals surface area contributed by atoms with E-state index in [1.54, 1.807) is 12.1 Å². The first-order valence-electron chi connectivity index (χ1n) is 14.3. The molecule has 236 valence electrons. The first-order valence-corrected chi connectivity index (χ1v) is 14.3. The van der Waals surface area contributed by atoms with Crippen LogP contribution in [0.2, 0.25) is 0 Å². The van der Waals surface area contributed by atoms with Crippen molar-refractivity contribution in [1.29, 1.82) is 0 Å². The van der Waals surface area contributed by atoms with E-state index in [-0.39, 0.29) is 47.0 Å². The summed E-state index contributed by atoms with van der Waals surface area (Å²) in [6, 6.07) is 9.61. The van der Waals surface area contributed by atoms with Crippen molar-refractivity contribution in [3.8, 4) is 11.5 Å². The minimum absolute atomic E-state index is 0. The predicted octanol–water partition coefficient (Wildman–Crippen LogP) is 5.98. The molecule has 0 bridgehead atoms. The van der Waals surface area contributed by atoms with E-state index in [9.17, 15) is 33.4 Å². The Morgan fingerprint density at radius 3 is 2.09 bits per heavy atom. The summed E-state index contributed by atoms with van der Waals surface area (Å²) in [5.74, 6) is -5.22. The summed E-state index contributed by atoms with van der Waals surface area (Å²) in [6.45, 7) is 8.81. The molecule has 8 nitrogen and oxygen atoms in total. The number of nitrogens with one attached hydrogen (secondary N) is 2. The third kappa shape index (κ3) is 7.54. The fourth-order valence-corrected chi connectivity index (χ4v) is 5.11. The summed E-state index contributed by atoms with van der Waals surface area (Å²) in [6.07, 6.45) is 0.536. The second-order valence-electron chi connectivity index (χ2n) is 11.3. The fourth-order valence-electron chi connectivity index (χ4n) is 5.11. The topological polar surface area (TPSA) is 125 Å². The maximum Gasteiger partial charge on any atom is 0.338 e. The van der Waals surface area contributed by atoms with Crippen LogP contribution in [0.25, 0.3) is 0 Å². The monoisotopic (exact) mass is 630 g/mol. The van der Waals surface area contributed by atoms with Crippen molar-refractivity contribution in [3.63, 3.8) is 0 Å². The smallest absolute Gasteiger partial charge is 0.338 e. The minimum Gasteiger partial charge on any atom is -0.507 e. The van der Waals surface area contributed by atoms with Crippen LogP contribution in [0.5, 0.6) is 11.5 Å². The largest absolute Gasteiger partial charge is 0.507 e. The quantitative estimate of drug-likeness (QED) is 0.178. The van der Waals surface area contributed by atoms with Gasteiger partial charge in [0.15, 0.2) is 17.4 Å². The average Bonchev–Trinajstić information content (AvgIpc) is 3.19. The number of benzene rings is 3. The van der Waals surface area contributed by atoms with Gasteiger partial charge in [0.05, 0.1) is 11.6 Å². The Morgan fingerprint density at radius 2 is 1.50 bits per heavy atom. The number of halogens is 3. The molecule has 3 aromatic carbocycles. The highest BCUT2D eigenvalue weighted by molar-refractivity contribution is 6.11. The molecule has 1 amide bonds. The molecule has 0 aromatic heterocycles. The fraction of sp³-hybridized carbons (Fsp3) is 0.364. The van der Waals surface area contributed by atoms with E-state index in [2.05, 4.69) is 10.6 Å². The van der Waals surface area contributed by atoms with Gasteiger partial charge in [0, 0.05) is 17.7 Å². The normalized spacial score (nSPS) is 16.6. The van der Waals surface area contributed by atoms with Gasteiger partial charge in [0.2, 0.25) is 0 Å². The molecule has 1 saturated heterocycles. The number of amides is 1. The SMILES string of the molecule is CC(C)c1cc(C(=O)N[C@@H]2CNCCC[C@H]2OC(=O)c2ccc(C(=O)c3c(O)ccc(F)c3F)cc2)cc(C(C)C)c1O.Cl. The third-order valence-corrected chi connectivity index (χ3v) is 7.59. The second-order valence-corrected chi connectivity index (χ2v) is 11.3. The Bertz CT molecular complexity index is 1500. The zero-order valence-corrected chi connectivity index (χ0v) is 25.8. The van der Waals surface area contributed by atoms with Crippen molar-refractivity contribution < 1.29 is 38.1 Å². The highest BCUT2D eigenvalue weighted by Crippen LogP contribution is 2.35. The summed E-state index contributed by atoms with van der Waals surface area (Å²) in [5.41, 5.74) is 1.02. The van der Waals surface area contributed by atoms with Crippen molar-refractivity contribution in [2.75, 3.05) is 13.1 Å². The molecule has 0 unspecified atom stereocenters. The number of rotatable bonds is 8. The third-order valence-electron chi connectivity index (χ3n) is 7.59. The summed E-state index contributed by atoms with van der Waals surface area (Å²) in [5, 5.41) is 26.9. The number of carbonyl (C=O) groups is 3. The molecule has 4 N–H and O–H groups in total. The summed E-state index contributed by atoms with van der Waals surface area (Å²) >= 11 is 0. The standard InChI is InChI=1S/C33H36F2N2O6.ClH/c1-17(2)22-14-21(15-23(18(3)4)31(22)40)32(41)37-25-16-36-13-5-6-27(25)43-33(42)20-9-7-19(8-10-20)30(39)28-26(38)12-11-24(34)29(28)35;/h7-12,14-15,17-18,25,27,36,38,40H,5-6,13,16H2,1-4H3,(H,37,41);1H/t25-,27-;/m1./s1. The van der Waals surface area contributed by atoms with Crippen LogP contribution in [0.15, 0.2) is 48.5 Å². The van der Waals surface area contributed by atoms with E-state index >= 15 is 0 Å². The molecule has 11 heteroatoms. The number of aromatic hydroxyl groups is 2. The van der Waals surface area contributed by atoms with Crippen molar-refractivity contribution in [2.45, 2.75) is 64.5 Å². The maximum absolute atomic E-state index is 14.2. The number of esters is 1. The van der Waals surface area contributed by atoms with Crippen LogP contribution in [0.1, 0.15) is 100 Å². The molecule has 1 heterocycles. The van der Waals surface area contributed by atoms with Crippen LogP contribution in [-0.4, -0.2) is 53.1 Å². The molecule has 0 aliphatic carbocycles. The number of ketones is 1. The summed E-state index contributed by atoms with van der Waals surface area (Å²) in [7, 11) is 0. The molecule has 0 saturated carbocycles. The molecular weight excluding hydrogens is 594 g/mol. The van der Waals surface area contributed by atoms with Crippen LogP contribution in [0.3, 0.4) is 0 Å². The molecule has 0 spiro atoms. The lowest BCUT2D eigenvalue weighted by Crippen LogP contribution is -2.49. The van der Waals surface area contributed by atoms with E-state index in [4.69, 9.17) is 4.74 Å². The van der Waals surface area contributed by atoms with Gasteiger partial charge < -0.3 is 25.6 Å². The molecule has 1 aliphatic rings. The van der Waals surface area contributed by atoms with Crippen molar-refractivity contribution in [1.82, 2.24) is 10.6 Å². The minimum atomic E-state index is -1.46. The maximum atomic E-state index is 14.2. The van der Waals surface area contributed by atoms with Gasteiger partial charge in [0.1, 0.15) is 23.2 Å². The van der Waals surface area contributed by atoms with E-state index < -0.39 is 46.8 Å². The van der Waals surface area contributed by atoms with Gasteiger partial charge in [-0.1, -0.05) is 39.8 Å². The second kappa shape index (κ2) is 14.6. The Balaban J connectivity index is 0.00000529. The van der Waals surface area contributed by atoms with E-state index in [0.29, 0.717) is 42.6 Å². The van der Waals surface area contributed by atoms with Gasteiger partial charge >= 0.3 is 5.97 Å². The number of hydrogen-bond donors (Lipinski definition) is 4. The Kier molecular flexibility index (Phi) is 11.5. The van der Waals surface area contributed by atoms with Crippen LogP contribution < -0.4 is 10.6 Å². The molecule has 44 heavy (non-hydrogen) atoms. The van der Waals surface area contributed by atoms with Crippen LogP contribution in [0, 0.1) is 11.6 Å². The van der Waals surface area contributed by atoms with Gasteiger partial charge in [-0.3, -0.25) is 9.59 Å². The Labute approximate surface area is 261 Å². The van der Waals surface area contributed by atoms with Gasteiger partial charge in [-0.05, 0) is 78.7 Å². The Hall–Kier alpha value is -4.02. The molecule has 0 radical (unpaired) electrons. The number of ether oxygens (including phenoxy) is 1. The summed E-state index contributed by atoms with van der Waals surface area (Å²) in [4.78, 5) is 39.2. The molecule has 1 aliphatic heterocycles. The van der Waals surface area contributed by atoms with E-state index in [1.165, 1.54) is 24.3 Å². The number of phenolic OH excluding ortho intramolecular Hbond substituents is 2. The average molecular weight is 631 g/mol. The van der Waals surface area contributed by atoms with Crippen molar-refractivity contribution in [3.05, 3.63) is 93.5 Å². The molecular formula is C33H37ClF2N2O6. The molecule has 1 fully saturated rings. The van der Waals surface area contributed by atoms with Crippen LogP contribution in [-0.2, 0) is 4.74 Å². The van der Waals surface area contributed by atoms with Crippen LogP contribution >= 0.6 is 12.4 Å². The van der Waals surface area contributed by atoms with Gasteiger partial charge in [-0.2, -0.15) is 0 Å². The highest BCUT2D eigenvalue weighted by atomic mass is 35.5. The lowest BCUT2D eigenvalue weighted by atomic mass is 9.91. The molecule has 3 aromatic rings. The first-order chi connectivity index (χ1) is 20.4. The number of hydrogen-bond acceptors (Lipinski definition) is 7. The van der Waals surface area contributed by atoms with Crippen LogP contribution in [0.4, 0.5) is 8.78 Å². The van der Waals surface area contributed by atoms with Crippen molar-refractivity contribution in [2.24, 2.45) is 0 Å². The lowest BCUT2D eigenvalue weighted by molar-refractivity contribution is 0.0192. The van der Waals surface area contributed by atoms with Gasteiger partial charge in [-0.15, -0.1) is 12.4 Å². The Morgan fingerprint density at radius 1 is 0.909 bits per heavy atom. The molecule has 4 rings (SSSR count). The van der Waals surface area contributed by atoms with Crippen molar-refractivity contribution >= 4 is 30.1 Å². The number of carbonyl (C=O) groups excluding carboxylic acids is 3. The van der Waals surface area contributed by atoms with Gasteiger partial charge in [0.25, 0.3) is 5.91 Å². The zero-order chi connectivity index (χ0) is 31.4.